The first-order chi connectivity index (χ1) is 9.92. The molecule has 0 radical (unpaired) electrons. The maximum Gasteiger partial charge on any atom is 0.133 e. The molecule has 1 N–H and O–H groups in total. The molecule has 0 unspecified atom stereocenters. The first kappa shape index (κ1) is 11.1. The van der Waals surface area contributed by atoms with Crippen LogP contribution >= 0.6 is 0 Å². The van der Waals surface area contributed by atoms with Crippen LogP contribution in [0.2, 0.25) is 0 Å². The van der Waals surface area contributed by atoms with Gasteiger partial charge in [0.15, 0.2) is 0 Å². The van der Waals surface area contributed by atoms with E-state index in [9.17, 15) is 0 Å². The fourth-order valence-electron chi connectivity index (χ4n) is 2.54. The summed E-state index contributed by atoms with van der Waals surface area (Å²) < 4.78 is 0. The van der Waals surface area contributed by atoms with Gasteiger partial charge in [0.05, 0.1) is 12.7 Å². The molecule has 0 fully saturated rings. The summed E-state index contributed by atoms with van der Waals surface area (Å²) in [6.45, 7) is 0.599. The molecule has 0 atom stereocenters. The fourth-order valence-corrected chi connectivity index (χ4v) is 2.54. The molecule has 20 heavy (non-hydrogen) atoms. The number of nitrogens with one attached hydrogen (secondary N) is 1. The van der Waals surface area contributed by atoms with E-state index in [2.05, 4.69) is 56.9 Å². The number of nitrogens with zero attached hydrogens (tertiary/aromatic N) is 3. The molecule has 0 amide bonds. The number of amidine groups is 1. The maximum absolute atomic E-state index is 4.67. The number of rotatable bonds is 2. The predicted octanol–water partition coefficient (Wildman–Crippen LogP) is 3.00. The van der Waals surface area contributed by atoms with E-state index in [1.54, 1.807) is 12.4 Å². The monoisotopic (exact) mass is 260 g/mol. The van der Waals surface area contributed by atoms with Crippen LogP contribution in [-0.2, 0) is 6.54 Å². The summed E-state index contributed by atoms with van der Waals surface area (Å²) in [5.41, 5.74) is 3.35. The lowest BCUT2D eigenvalue weighted by atomic mass is 10.1. The van der Waals surface area contributed by atoms with Crippen LogP contribution in [0.1, 0.15) is 11.1 Å². The highest BCUT2D eigenvalue weighted by molar-refractivity contribution is 6.25. The van der Waals surface area contributed by atoms with Gasteiger partial charge in [-0.2, -0.15) is 10.2 Å². The number of hydrogen-bond donors (Lipinski definition) is 1. The Kier molecular flexibility index (Phi) is 2.45. The van der Waals surface area contributed by atoms with Gasteiger partial charge in [0.1, 0.15) is 5.84 Å². The van der Waals surface area contributed by atoms with Gasteiger partial charge in [0.25, 0.3) is 0 Å². The van der Waals surface area contributed by atoms with Gasteiger partial charge in [-0.15, -0.1) is 0 Å². The molecule has 0 spiro atoms. The zero-order valence-electron chi connectivity index (χ0n) is 10.7. The Bertz CT molecular complexity index is 804. The van der Waals surface area contributed by atoms with Crippen LogP contribution in [0.15, 0.2) is 59.9 Å². The van der Waals surface area contributed by atoms with E-state index in [0.29, 0.717) is 6.54 Å². The number of aromatic nitrogens is 2. The third kappa shape index (κ3) is 1.73. The molecule has 4 nitrogen and oxygen atoms in total. The van der Waals surface area contributed by atoms with Crippen molar-refractivity contribution < 1.29 is 0 Å². The molecule has 1 aliphatic heterocycles. The Labute approximate surface area is 116 Å². The van der Waals surface area contributed by atoms with Crippen LogP contribution < -0.4 is 5.32 Å². The maximum atomic E-state index is 4.67. The molecule has 3 aromatic rings. The molecule has 0 saturated heterocycles. The number of anilines is 1. The minimum Gasteiger partial charge on any atom is -0.339 e. The van der Waals surface area contributed by atoms with Crippen LogP contribution in [0.5, 0.6) is 0 Å². The molecular weight excluding hydrogens is 248 g/mol. The second-order valence-electron chi connectivity index (χ2n) is 4.75. The highest BCUT2D eigenvalue weighted by atomic mass is 15.1. The van der Waals surface area contributed by atoms with Gasteiger partial charge >= 0.3 is 0 Å². The second kappa shape index (κ2) is 4.42. The topological polar surface area (TPSA) is 50.2 Å². The van der Waals surface area contributed by atoms with Gasteiger partial charge in [-0.25, -0.2) is 0 Å². The largest absolute Gasteiger partial charge is 0.339 e. The average molecular weight is 260 g/mol. The van der Waals surface area contributed by atoms with E-state index < -0.39 is 0 Å². The molecular formula is C16H12N4. The lowest BCUT2D eigenvalue weighted by Gasteiger charge is -2.01. The highest BCUT2D eigenvalue weighted by Gasteiger charge is 2.18. The summed E-state index contributed by atoms with van der Waals surface area (Å²) in [5, 5.41) is 13.5. The van der Waals surface area contributed by atoms with Gasteiger partial charge in [0.2, 0.25) is 0 Å². The zero-order chi connectivity index (χ0) is 13.4. The second-order valence-corrected chi connectivity index (χ2v) is 4.75. The van der Waals surface area contributed by atoms with E-state index >= 15 is 0 Å². The third-order valence-corrected chi connectivity index (χ3v) is 3.48. The first-order valence-electron chi connectivity index (χ1n) is 6.51. The van der Waals surface area contributed by atoms with Crippen molar-refractivity contribution in [3.63, 3.8) is 0 Å². The highest BCUT2D eigenvalue weighted by Crippen LogP contribution is 2.33. The molecule has 0 bridgehead atoms. The molecule has 96 valence electrons. The molecule has 2 aromatic carbocycles. The summed E-state index contributed by atoms with van der Waals surface area (Å²) in [5.74, 6) is 0.925. The summed E-state index contributed by atoms with van der Waals surface area (Å²) in [4.78, 5) is 4.67. The molecule has 0 saturated carbocycles. The van der Waals surface area contributed by atoms with Gasteiger partial charge in [-0.05, 0) is 23.1 Å². The Morgan fingerprint density at radius 2 is 1.90 bits per heavy atom. The van der Waals surface area contributed by atoms with Crippen LogP contribution in [0.25, 0.3) is 10.8 Å². The minimum absolute atomic E-state index is 0.599. The van der Waals surface area contributed by atoms with E-state index in [-0.39, 0.29) is 0 Å². The molecule has 2 heterocycles. The van der Waals surface area contributed by atoms with Crippen molar-refractivity contribution in [2.45, 2.75) is 6.54 Å². The predicted molar refractivity (Wildman–Crippen MR) is 79.8 cm³/mol. The Morgan fingerprint density at radius 1 is 1.00 bits per heavy atom. The SMILES string of the molecule is c1cc2c3c(cccc3c1)C(=NCc1ccnnc1)N2. The van der Waals surface area contributed by atoms with Crippen molar-refractivity contribution in [1.29, 1.82) is 0 Å². The van der Waals surface area contributed by atoms with Crippen molar-refractivity contribution in [2.75, 3.05) is 5.32 Å². The average Bonchev–Trinajstić information content (AvgIpc) is 2.87. The normalized spacial score (nSPS) is 14.7. The summed E-state index contributed by atoms with van der Waals surface area (Å²) in [6.07, 6.45) is 3.43. The van der Waals surface area contributed by atoms with E-state index in [4.69, 9.17) is 0 Å². The Morgan fingerprint density at radius 3 is 2.75 bits per heavy atom. The third-order valence-electron chi connectivity index (χ3n) is 3.48. The van der Waals surface area contributed by atoms with Crippen molar-refractivity contribution in [2.24, 2.45) is 4.99 Å². The molecule has 4 rings (SSSR count). The van der Waals surface area contributed by atoms with Gasteiger partial charge in [0, 0.05) is 22.8 Å². The lowest BCUT2D eigenvalue weighted by Crippen LogP contribution is -2.07. The fraction of sp³-hybridized carbons (Fsp3) is 0.0625. The summed E-state index contributed by atoms with van der Waals surface area (Å²) in [7, 11) is 0. The van der Waals surface area contributed by atoms with Gasteiger partial charge in [-0.1, -0.05) is 30.3 Å². The zero-order valence-corrected chi connectivity index (χ0v) is 10.7. The standard InChI is InChI=1S/C16H12N4/c1-3-12-4-2-6-14-15(12)13(5-1)16(20-14)17-9-11-7-8-18-19-10-11/h1-8,10H,9H2,(H,17,20). The van der Waals surface area contributed by atoms with E-state index in [1.807, 2.05) is 6.07 Å². The number of benzene rings is 2. The van der Waals surface area contributed by atoms with Gasteiger partial charge in [-0.3, -0.25) is 4.99 Å². The molecule has 0 aliphatic carbocycles. The Balaban J connectivity index is 1.75. The number of hydrogen-bond acceptors (Lipinski definition) is 3. The summed E-state index contributed by atoms with van der Waals surface area (Å²) >= 11 is 0. The van der Waals surface area contributed by atoms with Crippen LogP contribution in [-0.4, -0.2) is 16.0 Å². The molecule has 1 aliphatic rings. The van der Waals surface area contributed by atoms with E-state index in [1.165, 1.54) is 16.3 Å². The summed E-state index contributed by atoms with van der Waals surface area (Å²) in [6, 6.07) is 14.5. The quantitative estimate of drug-likeness (QED) is 0.770. The van der Waals surface area contributed by atoms with Crippen molar-refractivity contribution in [3.8, 4) is 0 Å². The van der Waals surface area contributed by atoms with Crippen molar-refractivity contribution >= 4 is 22.3 Å². The van der Waals surface area contributed by atoms with Crippen molar-refractivity contribution in [3.05, 3.63) is 66.0 Å². The lowest BCUT2D eigenvalue weighted by molar-refractivity contribution is 0.966. The van der Waals surface area contributed by atoms with Crippen LogP contribution in [0, 0.1) is 0 Å². The van der Waals surface area contributed by atoms with Gasteiger partial charge < -0.3 is 5.32 Å². The van der Waals surface area contributed by atoms with Crippen molar-refractivity contribution in [1.82, 2.24) is 10.2 Å². The van der Waals surface area contributed by atoms with Crippen LogP contribution in [0.3, 0.4) is 0 Å². The number of aliphatic imine (C=N–C) groups is 1. The van der Waals surface area contributed by atoms with Crippen LogP contribution in [0.4, 0.5) is 5.69 Å². The molecule has 4 heteroatoms. The minimum atomic E-state index is 0.599. The smallest absolute Gasteiger partial charge is 0.133 e. The van der Waals surface area contributed by atoms with E-state index in [0.717, 1.165) is 17.1 Å². The molecule has 1 aromatic heterocycles. The first-order valence-corrected chi connectivity index (χ1v) is 6.51. The Hall–Kier alpha value is -2.75.